The Labute approximate surface area is 93.9 Å². The topological polar surface area (TPSA) is 63.8 Å². The summed E-state index contributed by atoms with van der Waals surface area (Å²) in [6.07, 6.45) is 3.51. The SMILES string of the molecule is CCNCc1nnc(-c2cncc(C)c2)o1. The molecule has 0 radical (unpaired) electrons. The zero-order chi connectivity index (χ0) is 11.4. The second-order valence-electron chi connectivity index (χ2n) is 3.53. The fraction of sp³-hybridized carbons (Fsp3) is 0.364. The molecule has 0 fully saturated rings. The molecule has 0 saturated heterocycles. The van der Waals surface area contributed by atoms with Crippen molar-refractivity contribution in [3.05, 3.63) is 29.9 Å². The normalized spacial score (nSPS) is 10.6. The first-order valence-electron chi connectivity index (χ1n) is 5.24. The maximum absolute atomic E-state index is 5.50. The van der Waals surface area contributed by atoms with Crippen molar-refractivity contribution in [3.8, 4) is 11.5 Å². The molecule has 0 amide bonds. The van der Waals surface area contributed by atoms with Crippen LogP contribution in [-0.4, -0.2) is 21.7 Å². The molecule has 0 saturated carbocycles. The predicted octanol–water partition coefficient (Wildman–Crippen LogP) is 1.55. The number of aryl methyl sites for hydroxylation is 1. The van der Waals surface area contributed by atoms with Crippen molar-refractivity contribution in [2.45, 2.75) is 20.4 Å². The van der Waals surface area contributed by atoms with Gasteiger partial charge in [0.1, 0.15) is 0 Å². The highest BCUT2D eigenvalue weighted by Gasteiger charge is 2.08. The van der Waals surface area contributed by atoms with Gasteiger partial charge in [0.25, 0.3) is 0 Å². The van der Waals surface area contributed by atoms with E-state index in [4.69, 9.17) is 4.42 Å². The van der Waals surface area contributed by atoms with E-state index in [0.29, 0.717) is 18.3 Å². The van der Waals surface area contributed by atoms with Gasteiger partial charge in [0.15, 0.2) is 0 Å². The molecule has 0 atom stereocenters. The summed E-state index contributed by atoms with van der Waals surface area (Å²) in [7, 11) is 0. The molecule has 2 rings (SSSR count). The molecule has 0 spiro atoms. The molecule has 0 unspecified atom stereocenters. The van der Waals surface area contributed by atoms with Crippen LogP contribution in [0.3, 0.4) is 0 Å². The van der Waals surface area contributed by atoms with E-state index in [1.54, 1.807) is 12.4 Å². The van der Waals surface area contributed by atoms with Crippen LogP contribution in [0.2, 0.25) is 0 Å². The number of nitrogens with one attached hydrogen (secondary N) is 1. The van der Waals surface area contributed by atoms with Gasteiger partial charge in [-0.1, -0.05) is 6.92 Å². The molecule has 5 heteroatoms. The van der Waals surface area contributed by atoms with Crippen molar-refractivity contribution in [2.24, 2.45) is 0 Å². The van der Waals surface area contributed by atoms with Gasteiger partial charge in [-0.2, -0.15) is 0 Å². The van der Waals surface area contributed by atoms with Gasteiger partial charge >= 0.3 is 0 Å². The van der Waals surface area contributed by atoms with Crippen molar-refractivity contribution in [2.75, 3.05) is 6.54 Å². The number of hydrogen-bond acceptors (Lipinski definition) is 5. The second kappa shape index (κ2) is 4.85. The van der Waals surface area contributed by atoms with Crippen LogP contribution in [-0.2, 0) is 6.54 Å². The van der Waals surface area contributed by atoms with E-state index < -0.39 is 0 Å². The molecule has 0 aliphatic carbocycles. The molecular weight excluding hydrogens is 204 g/mol. The summed E-state index contributed by atoms with van der Waals surface area (Å²) in [5.74, 6) is 1.11. The lowest BCUT2D eigenvalue weighted by Crippen LogP contribution is -2.11. The van der Waals surface area contributed by atoms with Gasteiger partial charge < -0.3 is 9.73 Å². The van der Waals surface area contributed by atoms with Crippen LogP contribution < -0.4 is 5.32 Å². The van der Waals surface area contributed by atoms with Gasteiger partial charge in [0.2, 0.25) is 11.8 Å². The van der Waals surface area contributed by atoms with E-state index in [9.17, 15) is 0 Å². The third kappa shape index (κ3) is 2.43. The molecule has 0 aliphatic rings. The van der Waals surface area contributed by atoms with Crippen LogP contribution in [0.15, 0.2) is 22.9 Å². The minimum absolute atomic E-state index is 0.518. The van der Waals surface area contributed by atoms with Gasteiger partial charge in [0.05, 0.1) is 12.1 Å². The maximum atomic E-state index is 5.50. The Kier molecular flexibility index (Phi) is 3.26. The standard InChI is InChI=1S/C11H14N4O/c1-3-12-7-10-14-15-11(16-10)9-4-8(2)5-13-6-9/h4-6,12H,3,7H2,1-2H3. The summed E-state index contributed by atoms with van der Waals surface area (Å²) >= 11 is 0. The fourth-order valence-corrected chi connectivity index (χ4v) is 1.35. The van der Waals surface area contributed by atoms with Crippen LogP contribution in [0.1, 0.15) is 18.4 Å². The fourth-order valence-electron chi connectivity index (χ4n) is 1.35. The molecule has 2 aromatic heterocycles. The molecule has 2 aromatic rings. The average Bonchev–Trinajstić information content (AvgIpc) is 2.75. The van der Waals surface area contributed by atoms with Crippen LogP contribution in [0, 0.1) is 6.92 Å². The summed E-state index contributed by atoms with van der Waals surface area (Å²) in [6, 6.07) is 1.97. The third-order valence-corrected chi connectivity index (χ3v) is 2.11. The Morgan fingerprint density at radius 1 is 1.31 bits per heavy atom. The summed E-state index contributed by atoms with van der Waals surface area (Å²) in [4.78, 5) is 4.09. The first-order chi connectivity index (χ1) is 7.79. The number of hydrogen-bond donors (Lipinski definition) is 1. The molecule has 0 aromatic carbocycles. The molecule has 0 aliphatic heterocycles. The first-order valence-corrected chi connectivity index (χ1v) is 5.24. The Morgan fingerprint density at radius 3 is 2.94 bits per heavy atom. The molecule has 5 nitrogen and oxygen atoms in total. The van der Waals surface area contributed by atoms with E-state index >= 15 is 0 Å². The van der Waals surface area contributed by atoms with Crippen LogP contribution >= 0.6 is 0 Å². The average molecular weight is 218 g/mol. The Bertz CT molecular complexity index is 467. The number of rotatable bonds is 4. The van der Waals surface area contributed by atoms with Crippen molar-refractivity contribution in [3.63, 3.8) is 0 Å². The summed E-state index contributed by atoms with van der Waals surface area (Å²) in [5, 5.41) is 11.1. The minimum Gasteiger partial charge on any atom is -0.419 e. The van der Waals surface area contributed by atoms with Gasteiger partial charge in [0, 0.05) is 12.4 Å². The van der Waals surface area contributed by atoms with Crippen molar-refractivity contribution < 1.29 is 4.42 Å². The summed E-state index contributed by atoms with van der Waals surface area (Å²) in [6.45, 7) is 5.49. The Morgan fingerprint density at radius 2 is 2.19 bits per heavy atom. The predicted molar refractivity (Wildman–Crippen MR) is 59.6 cm³/mol. The number of nitrogens with zero attached hydrogens (tertiary/aromatic N) is 3. The first kappa shape index (κ1) is 10.8. The Balaban J connectivity index is 2.18. The molecule has 0 bridgehead atoms. The zero-order valence-electron chi connectivity index (χ0n) is 9.40. The van der Waals surface area contributed by atoms with E-state index in [0.717, 1.165) is 17.7 Å². The number of pyridine rings is 1. The highest BCUT2D eigenvalue weighted by Crippen LogP contribution is 2.17. The van der Waals surface area contributed by atoms with Gasteiger partial charge in [-0.05, 0) is 25.1 Å². The highest BCUT2D eigenvalue weighted by molar-refractivity contribution is 5.51. The van der Waals surface area contributed by atoms with Gasteiger partial charge in [-0.15, -0.1) is 10.2 Å². The largest absolute Gasteiger partial charge is 0.419 e. The minimum atomic E-state index is 0.518. The lowest BCUT2D eigenvalue weighted by Gasteiger charge is -1.96. The smallest absolute Gasteiger partial charge is 0.249 e. The lowest BCUT2D eigenvalue weighted by molar-refractivity contribution is 0.482. The van der Waals surface area contributed by atoms with E-state index in [1.165, 1.54) is 0 Å². The maximum Gasteiger partial charge on any atom is 0.249 e. The van der Waals surface area contributed by atoms with E-state index in [1.807, 2.05) is 19.9 Å². The monoisotopic (exact) mass is 218 g/mol. The van der Waals surface area contributed by atoms with Crippen LogP contribution in [0.25, 0.3) is 11.5 Å². The van der Waals surface area contributed by atoms with Crippen molar-refractivity contribution in [1.29, 1.82) is 0 Å². The quantitative estimate of drug-likeness (QED) is 0.843. The Hall–Kier alpha value is -1.75. The summed E-state index contributed by atoms with van der Waals surface area (Å²) in [5.41, 5.74) is 1.93. The van der Waals surface area contributed by atoms with E-state index in [2.05, 4.69) is 20.5 Å². The van der Waals surface area contributed by atoms with Crippen LogP contribution in [0.4, 0.5) is 0 Å². The molecule has 2 heterocycles. The van der Waals surface area contributed by atoms with Crippen LogP contribution in [0.5, 0.6) is 0 Å². The zero-order valence-corrected chi connectivity index (χ0v) is 9.40. The second-order valence-corrected chi connectivity index (χ2v) is 3.53. The molecular formula is C11H14N4O. The molecule has 1 N–H and O–H groups in total. The van der Waals surface area contributed by atoms with Crippen molar-refractivity contribution in [1.82, 2.24) is 20.5 Å². The summed E-state index contributed by atoms with van der Waals surface area (Å²) < 4.78 is 5.50. The molecule has 84 valence electrons. The highest BCUT2D eigenvalue weighted by atomic mass is 16.4. The lowest BCUT2D eigenvalue weighted by atomic mass is 10.2. The van der Waals surface area contributed by atoms with E-state index in [-0.39, 0.29) is 0 Å². The van der Waals surface area contributed by atoms with Crippen molar-refractivity contribution >= 4 is 0 Å². The van der Waals surface area contributed by atoms with Gasteiger partial charge in [-0.3, -0.25) is 4.98 Å². The van der Waals surface area contributed by atoms with Gasteiger partial charge in [-0.25, -0.2) is 0 Å². The molecule has 16 heavy (non-hydrogen) atoms. The third-order valence-electron chi connectivity index (χ3n) is 2.11. The number of aromatic nitrogens is 3.